The summed E-state index contributed by atoms with van der Waals surface area (Å²) in [6.07, 6.45) is -1.48. The van der Waals surface area contributed by atoms with E-state index < -0.39 is 11.7 Å². The highest BCUT2D eigenvalue weighted by Crippen LogP contribution is 2.29. The van der Waals surface area contributed by atoms with Crippen molar-refractivity contribution in [1.82, 2.24) is 4.90 Å². The molecule has 22 heavy (non-hydrogen) atoms. The summed E-state index contributed by atoms with van der Waals surface area (Å²) < 4.78 is 37.7. The number of likely N-dealkylation sites (N-methyl/N-ethyl adjacent to an activating group) is 1. The minimum Gasteiger partial charge on any atom is -0.305 e. The van der Waals surface area contributed by atoms with Crippen LogP contribution in [0.1, 0.15) is 16.7 Å². The summed E-state index contributed by atoms with van der Waals surface area (Å²) in [7, 11) is 3.93. The van der Waals surface area contributed by atoms with Gasteiger partial charge in [0.15, 0.2) is 0 Å². The normalized spacial score (nSPS) is 13.4. The molecule has 0 saturated carbocycles. The van der Waals surface area contributed by atoms with E-state index in [0.717, 1.165) is 24.1 Å². The van der Waals surface area contributed by atoms with E-state index >= 15 is 0 Å². The Bertz CT molecular complexity index is 574. The van der Waals surface area contributed by atoms with E-state index in [0.29, 0.717) is 0 Å². The Morgan fingerprint density at radius 1 is 0.955 bits per heavy atom. The number of nitrogens with zero attached hydrogens (tertiary/aromatic N) is 1. The maximum atomic E-state index is 12.6. The van der Waals surface area contributed by atoms with Crippen molar-refractivity contribution >= 4 is 0 Å². The molecule has 1 atom stereocenters. The van der Waals surface area contributed by atoms with Gasteiger partial charge in [-0.2, -0.15) is 13.2 Å². The zero-order chi connectivity index (χ0) is 16.2. The first kappa shape index (κ1) is 16.6. The van der Waals surface area contributed by atoms with Crippen LogP contribution in [0.5, 0.6) is 0 Å². The van der Waals surface area contributed by atoms with Gasteiger partial charge in [-0.1, -0.05) is 42.5 Å². The molecule has 2 aromatic rings. The van der Waals surface area contributed by atoms with Crippen molar-refractivity contribution < 1.29 is 13.2 Å². The number of benzene rings is 2. The molecule has 1 unspecified atom stereocenters. The lowest BCUT2D eigenvalue weighted by Crippen LogP contribution is -2.30. The van der Waals surface area contributed by atoms with Gasteiger partial charge in [0.2, 0.25) is 0 Å². The van der Waals surface area contributed by atoms with E-state index in [2.05, 4.69) is 17.0 Å². The minimum absolute atomic E-state index is 0.124. The Morgan fingerprint density at radius 3 is 2.05 bits per heavy atom. The molecule has 0 fully saturated rings. The van der Waals surface area contributed by atoms with E-state index in [1.54, 1.807) is 0 Å². The molecular weight excluding hydrogens is 287 g/mol. The largest absolute Gasteiger partial charge is 0.416 e. The topological polar surface area (TPSA) is 3.24 Å². The third-order valence-corrected chi connectivity index (χ3v) is 3.57. The second kappa shape index (κ2) is 6.97. The fraction of sp³-hybridized carbons (Fsp3) is 0.278. The number of alkyl halides is 3. The van der Waals surface area contributed by atoms with Gasteiger partial charge in [0.1, 0.15) is 0 Å². The average Bonchev–Trinajstić information content (AvgIpc) is 2.47. The third kappa shape index (κ3) is 4.60. The van der Waals surface area contributed by atoms with Crippen molar-refractivity contribution in [2.75, 3.05) is 14.1 Å². The SMILES string of the molecule is CN(C)C([CH]c1ccc(C(F)(F)F)cc1)Cc1ccccc1. The maximum Gasteiger partial charge on any atom is 0.416 e. The predicted molar refractivity (Wildman–Crippen MR) is 82.5 cm³/mol. The number of hydrogen-bond acceptors (Lipinski definition) is 1. The van der Waals surface area contributed by atoms with Crippen molar-refractivity contribution in [3.8, 4) is 0 Å². The Labute approximate surface area is 129 Å². The molecule has 1 radical (unpaired) electrons. The highest BCUT2D eigenvalue weighted by atomic mass is 19.4. The monoisotopic (exact) mass is 306 g/mol. The molecule has 0 aliphatic rings. The summed E-state index contributed by atoms with van der Waals surface area (Å²) in [6, 6.07) is 15.5. The molecule has 0 N–H and O–H groups in total. The maximum absolute atomic E-state index is 12.6. The molecule has 0 aromatic heterocycles. The lowest BCUT2D eigenvalue weighted by Gasteiger charge is -2.24. The van der Waals surface area contributed by atoms with Crippen LogP contribution < -0.4 is 0 Å². The molecule has 0 aliphatic heterocycles. The molecule has 2 rings (SSSR count). The van der Waals surface area contributed by atoms with Crippen LogP contribution in [0.2, 0.25) is 0 Å². The van der Waals surface area contributed by atoms with Gasteiger partial charge in [-0.25, -0.2) is 0 Å². The second-order valence-electron chi connectivity index (χ2n) is 5.51. The summed E-state index contributed by atoms with van der Waals surface area (Å²) in [5, 5.41) is 0. The van der Waals surface area contributed by atoms with Crippen molar-refractivity contribution in [2.24, 2.45) is 0 Å². The quantitative estimate of drug-likeness (QED) is 0.790. The zero-order valence-electron chi connectivity index (χ0n) is 12.6. The Balaban J connectivity index is 2.08. The molecular formula is C18H19F3N. The fourth-order valence-corrected chi connectivity index (χ4v) is 2.25. The van der Waals surface area contributed by atoms with E-state index in [9.17, 15) is 13.2 Å². The van der Waals surface area contributed by atoms with Crippen LogP contribution in [0.15, 0.2) is 54.6 Å². The highest BCUT2D eigenvalue weighted by molar-refractivity contribution is 5.31. The summed E-state index contributed by atoms with van der Waals surface area (Å²) in [4.78, 5) is 2.06. The van der Waals surface area contributed by atoms with Gasteiger partial charge in [0.05, 0.1) is 5.56 Å². The molecule has 0 heterocycles. The van der Waals surface area contributed by atoms with Gasteiger partial charge in [-0.05, 0) is 43.8 Å². The van der Waals surface area contributed by atoms with E-state index in [1.165, 1.54) is 17.7 Å². The molecule has 0 amide bonds. The summed E-state index contributed by atoms with van der Waals surface area (Å²) >= 11 is 0. The van der Waals surface area contributed by atoms with E-state index in [4.69, 9.17) is 0 Å². The van der Waals surface area contributed by atoms with Gasteiger partial charge < -0.3 is 4.90 Å². The van der Waals surface area contributed by atoms with Crippen LogP contribution >= 0.6 is 0 Å². The van der Waals surface area contributed by atoms with E-state index in [1.807, 2.05) is 38.7 Å². The highest BCUT2D eigenvalue weighted by Gasteiger charge is 2.30. The summed E-state index contributed by atoms with van der Waals surface area (Å²) in [6.45, 7) is 0. The first-order chi connectivity index (χ1) is 10.4. The van der Waals surface area contributed by atoms with Gasteiger partial charge in [-0.3, -0.25) is 0 Å². The molecule has 0 aliphatic carbocycles. The third-order valence-electron chi connectivity index (χ3n) is 3.57. The van der Waals surface area contributed by atoms with Crippen LogP contribution in [0.4, 0.5) is 13.2 Å². The second-order valence-corrected chi connectivity index (χ2v) is 5.51. The van der Waals surface area contributed by atoms with Crippen LogP contribution in [0.25, 0.3) is 0 Å². The molecule has 4 heteroatoms. The van der Waals surface area contributed by atoms with Crippen LogP contribution in [-0.4, -0.2) is 25.0 Å². The first-order valence-corrected chi connectivity index (χ1v) is 7.09. The number of hydrogen-bond donors (Lipinski definition) is 0. The lowest BCUT2D eigenvalue weighted by atomic mass is 9.97. The molecule has 0 saturated heterocycles. The molecule has 117 valence electrons. The van der Waals surface area contributed by atoms with Crippen LogP contribution in [-0.2, 0) is 12.6 Å². The molecule has 2 aromatic carbocycles. The standard InChI is InChI=1S/C18H19F3N/c1-22(2)17(12-14-6-4-3-5-7-14)13-15-8-10-16(11-9-15)18(19,20)21/h3-11,13,17H,12H2,1-2H3. The van der Waals surface area contributed by atoms with Crippen LogP contribution in [0, 0.1) is 6.42 Å². The number of halogens is 3. The van der Waals surface area contributed by atoms with Crippen molar-refractivity contribution in [2.45, 2.75) is 18.6 Å². The lowest BCUT2D eigenvalue weighted by molar-refractivity contribution is -0.137. The molecule has 1 nitrogen and oxygen atoms in total. The first-order valence-electron chi connectivity index (χ1n) is 7.09. The van der Waals surface area contributed by atoms with Crippen LogP contribution in [0.3, 0.4) is 0 Å². The van der Waals surface area contributed by atoms with Gasteiger partial charge in [-0.15, -0.1) is 0 Å². The minimum atomic E-state index is -4.29. The smallest absolute Gasteiger partial charge is 0.305 e. The number of rotatable bonds is 5. The van der Waals surface area contributed by atoms with Gasteiger partial charge >= 0.3 is 6.18 Å². The zero-order valence-corrected chi connectivity index (χ0v) is 12.6. The molecule has 0 spiro atoms. The Hall–Kier alpha value is -1.81. The molecule has 0 bridgehead atoms. The summed E-state index contributed by atoms with van der Waals surface area (Å²) in [5.74, 6) is 0. The van der Waals surface area contributed by atoms with Crippen molar-refractivity contribution in [1.29, 1.82) is 0 Å². The van der Waals surface area contributed by atoms with Crippen molar-refractivity contribution in [3.05, 3.63) is 77.7 Å². The van der Waals surface area contributed by atoms with Gasteiger partial charge in [0.25, 0.3) is 0 Å². The van der Waals surface area contributed by atoms with Gasteiger partial charge in [0, 0.05) is 12.5 Å². The Morgan fingerprint density at radius 2 is 1.55 bits per heavy atom. The van der Waals surface area contributed by atoms with Crippen molar-refractivity contribution in [3.63, 3.8) is 0 Å². The predicted octanol–water partition coefficient (Wildman–Crippen LogP) is 4.43. The summed E-state index contributed by atoms with van der Waals surface area (Å²) in [5.41, 5.74) is 1.38. The fourth-order valence-electron chi connectivity index (χ4n) is 2.25. The average molecular weight is 306 g/mol. The van der Waals surface area contributed by atoms with E-state index in [-0.39, 0.29) is 6.04 Å². The Kier molecular flexibility index (Phi) is 5.24.